The number of benzene rings is 1. The van der Waals surface area contributed by atoms with E-state index in [1.807, 2.05) is 19.1 Å². The highest BCUT2D eigenvalue weighted by molar-refractivity contribution is 8.93. The van der Waals surface area contributed by atoms with Gasteiger partial charge in [-0.3, -0.25) is 4.79 Å². The fourth-order valence-electron chi connectivity index (χ4n) is 2.03. The Hall–Kier alpha value is 0.0300. The normalized spacial score (nSPS) is 15.2. The molecule has 0 aliphatic heterocycles. The molecule has 0 N–H and O–H groups in total. The van der Waals surface area contributed by atoms with Crippen LogP contribution in [0.2, 0.25) is 0 Å². The van der Waals surface area contributed by atoms with Gasteiger partial charge in [0.05, 0.1) is 0 Å². The zero-order valence-electron chi connectivity index (χ0n) is 8.86. The second-order valence-electron chi connectivity index (χ2n) is 3.87. The molecule has 1 aliphatic carbocycles. The monoisotopic (exact) mass is 288 g/mol. The molecule has 0 fully saturated rings. The van der Waals surface area contributed by atoms with Gasteiger partial charge < -0.3 is 0 Å². The van der Waals surface area contributed by atoms with Crippen LogP contribution in [-0.4, -0.2) is 5.78 Å². The fraction of sp³-hybridized carbons (Fsp3) is 0.364. The Morgan fingerprint density at radius 1 is 1.38 bits per heavy atom. The zero-order chi connectivity index (χ0) is 11.9. The van der Waals surface area contributed by atoms with E-state index >= 15 is 0 Å². The summed E-state index contributed by atoms with van der Waals surface area (Å²) < 4.78 is 0. The van der Waals surface area contributed by atoms with E-state index in [0.717, 1.165) is 34.4 Å². The Balaban J connectivity index is 2.70. The van der Waals surface area contributed by atoms with Gasteiger partial charge in [0.1, 0.15) is 0 Å². The Morgan fingerprint density at radius 3 is 2.62 bits per heavy atom. The Kier molecular flexibility index (Phi) is 3.41. The Morgan fingerprint density at radius 2 is 2.06 bits per heavy atom. The third-order valence-electron chi connectivity index (χ3n) is 2.87. The molecule has 0 heterocycles. The Bertz CT molecular complexity index is 558. The highest BCUT2D eigenvalue weighted by atomic mass is 33.5. The van der Waals surface area contributed by atoms with Gasteiger partial charge in [0, 0.05) is 16.9 Å². The maximum atomic E-state index is 11.6. The lowest BCUT2D eigenvalue weighted by Crippen LogP contribution is -2.00. The highest BCUT2D eigenvalue weighted by Crippen LogP contribution is 2.30. The number of Topliss-reactive ketones (excluding diaryl/α,β-unsaturated/α-hetero) is 1. The average molecular weight is 288 g/mol. The summed E-state index contributed by atoms with van der Waals surface area (Å²) in [6, 6.07) is 3.98. The average Bonchev–Trinajstić information content (AvgIpc) is 2.57. The third kappa shape index (κ3) is 2.18. The number of ketones is 1. The van der Waals surface area contributed by atoms with E-state index < -0.39 is 6.18 Å². The van der Waals surface area contributed by atoms with Crippen LogP contribution >= 0.6 is 11.7 Å². The van der Waals surface area contributed by atoms with Gasteiger partial charge in [-0.15, -0.1) is 0 Å². The summed E-state index contributed by atoms with van der Waals surface area (Å²) in [7, 11) is 0. The first-order valence-electron chi connectivity index (χ1n) is 5.10. The smallest absolute Gasteiger partial charge is 0.163 e. The maximum Gasteiger partial charge on any atom is 0.163 e. The molecule has 0 bridgehead atoms. The van der Waals surface area contributed by atoms with Crippen molar-refractivity contribution in [1.82, 2.24) is 0 Å². The summed E-state index contributed by atoms with van der Waals surface area (Å²) in [6.07, 6.45) is 0.446. The number of rotatable bonds is 2. The molecule has 16 heavy (non-hydrogen) atoms. The van der Waals surface area contributed by atoms with E-state index in [9.17, 15) is 4.79 Å². The Labute approximate surface area is 110 Å². The summed E-state index contributed by atoms with van der Waals surface area (Å²) in [5.74, 6) is 0.241. The largest absolute Gasteiger partial charge is 0.294 e. The van der Waals surface area contributed by atoms with Gasteiger partial charge >= 0.3 is 0 Å². The van der Waals surface area contributed by atoms with Gasteiger partial charge in [-0.25, -0.2) is 0 Å². The molecule has 5 heteroatoms. The summed E-state index contributed by atoms with van der Waals surface area (Å²) >= 11 is 14.9. The van der Waals surface area contributed by atoms with E-state index in [1.54, 1.807) is 0 Å². The van der Waals surface area contributed by atoms with Gasteiger partial charge in [-0.1, -0.05) is 18.6 Å². The zero-order valence-corrected chi connectivity index (χ0v) is 12.2. The molecule has 1 aliphatic rings. The van der Waals surface area contributed by atoms with E-state index in [0.29, 0.717) is 6.42 Å². The van der Waals surface area contributed by atoms with Crippen LogP contribution in [0.15, 0.2) is 17.0 Å². The molecule has 0 spiro atoms. The van der Waals surface area contributed by atoms with Gasteiger partial charge in [0.2, 0.25) is 0 Å². The lowest BCUT2D eigenvalue weighted by molar-refractivity contribution is 0.0994. The molecule has 1 aromatic carbocycles. The van der Waals surface area contributed by atoms with Crippen molar-refractivity contribution < 1.29 is 4.79 Å². The first-order valence-corrected chi connectivity index (χ1v) is 9.63. The summed E-state index contributed by atoms with van der Waals surface area (Å²) in [4.78, 5) is 12.6. The van der Waals surface area contributed by atoms with Gasteiger partial charge in [0.25, 0.3) is 0 Å². The van der Waals surface area contributed by atoms with Crippen LogP contribution in [0.1, 0.15) is 34.8 Å². The summed E-state index contributed by atoms with van der Waals surface area (Å²) in [6.45, 7) is 2.05. The molecule has 1 nitrogen and oxygen atoms in total. The van der Waals surface area contributed by atoms with Crippen LogP contribution < -0.4 is 0 Å². The number of hydrogen-bond donors (Lipinski definition) is 1. The van der Waals surface area contributed by atoms with Crippen LogP contribution in [0.5, 0.6) is 0 Å². The second-order valence-corrected chi connectivity index (χ2v) is 12.0. The van der Waals surface area contributed by atoms with E-state index in [2.05, 4.69) is 11.7 Å². The van der Waals surface area contributed by atoms with Crippen LogP contribution in [0.25, 0.3) is 0 Å². The molecule has 2 rings (SSSR count). The molecule has 0 atom stereocenters. The minimum Gasteiger partial charge on any atom is -0.294 e. The third-order valence-corrected chi connectivity index (χ3v) is 5.47. The molecule has 86 valence electrons. The highest BCUT2D eigenvalue weighted by Gasteiger charge is 2.22. The first-order chi connectivity index (χ1) is 7.43. The molecule has 1 aromatic rings. The number of carbonyl (C=O) groups is 1. The van der Waals surface area contributed by atoms with E-state index in [4.69, 9.17) is 22.4 Å². The van der Waals surface area contributed by atoms with Crippen LogP contribution in [-0.2, 0) is 41.4 Å². The minimum atomic E-state index is -1.83. The van der Waals surface area contributed by atoms with Crippen molar-refractivity contribution in [2.45, 2.75) is 31.1 Å². The lowest BCUT2D eigenvalue weighted by atomic mass is 10.0. The predicted molar refractivity (Wildman–Crippen MR) is 77.8 cm³/mol. The molecule has 0 amide bonds. The van der Waals surface area contributed by atoms with Crippen molar-refractivity contribution in [3.63, 3.8) is 0 Å². The van der Waals surface area contributed by atoms with Crippen molar-refractivity contribution in [3.8, 4) is 0 Å². The van der Waals surface area contributed by atoms with Crippen LogP contribution in [0.4, 0.5) is 0 Å². The van der Waals surface area contributed by atoms with Gasteiger partial charge in [-0.2, -0.15) is 0 Å². The maximum absolute atomic E-state index is 11.6. The van der Waals surface area contributed by atoms with Gasteiger partial charge in [-0.05, 0) is 64.7 Å². The molecule has 0 aromatic heterocycles. The summed E-state index contributed by atoms with van der Waals surface area (Å²) in [5.41, 5.74) is 3.05. The number of carbonyl (C=O) groups excluding carboxylic acids is 1. The quantitative estimate of drug-likeness (QED) is 0.666. The molecular weight excluding hydrogens is 276 g/mol. The van der Waals surface area contributed by atoms with Crippen molar-refractivity contribution in [1.29, 1.82) is 0 Å². The van der Waals surface area contributed by atoms with Crippen LogP contribution in [0, 0.1) is 0 Å². The summed E-state index contributed by atoms with van der Waals surface area (Å²) in [5, 5.41) is 0. The molecule has 0 radical (unpaired) electrons. The number of fused-ring (bicyclic) bond motifs is 1. The lowest BCUT2D eigenvalue weighted by Gasteiger charge is -2.12. The fourth-order valence-corrected chi connectivity index (χ4v) is 4.30. The molecule has 0 saturated carbocycles. The number of aryl methyl sites for hydroxylation is 2. The molecule has 0 saturated heterocycles. The van der Waals surface area contributed by atoms with Crippen molar-refractivity contribution in [3.05, 3.63) is 28.8 Å². The molecule has 0 unspecified atom stereocenters. The first kappa shape index (κ1) is 12.5. The van der Waals surface area contributed by atoms with E-state index in [1.165, 1.54) is 0 Å². The molecular formula is C11H12OS4. The minimum absolute atomic E-state index is 0.241. The van der Waals surface area contributed by atoms with Crippen molar-refractivity contribution >= 4 is 46.0 Å². The topological polar surface area (TPSA) is 17.1 Å². The predicted octanol–water partition coefficient (Wildman–Crippen LogP) is 2.66. The van der Waals surface area contributed by atoms with Crippen molar-refractivity contribution in [2.24, 2.45) is 0 Å². The number of thiol groups is 1. The van der Waals surface area contributed by atoms with E-state index in [-0.39, 0.29) is 5.78 Å². The standard InChI is InChI=1S/C11H12OS4/c1-2-7-5-9-8(3-4-10(9)12)6-11(7)16(13,14)15/h5-6H,2-4H2,1H3,(H,13,14,15). The van der Waals surface area contributed by atoms with Gasteiger partial charge in [0.15, 0.2) is 5.78 Å². The SMILES string of the molecule is CCc1cc2c(cc1S(=S)(=S)S)CCC2=O. The van der Waals surface area contributed by atoms with Crippen LogP contribution in [0.3, 0.4) is 0 Å². The van der Waals surface area contributed by atoms with Crippen molar-refractivity contribution in [2.75, 3.05) is 0 Å². The second kappa shape index (κ2) is 4.37. The number of hydrogen-bond acceptors (Lipinski definition) is 3.